The minimum atomic E-state index is -4.71. The van der Waals surface area contributed by atoms with E-state index in [-0.39, 0.29) is 30.0 Å². The fourth-order valence-electron chi connectivity index (χ4n) is 1.77. The maximum atomic E-state index is 13.0. The molecule has 0 bridgehead atoms. The van der Waals surface area contributed by atoms with Gasteiger partial charge in [-0.1, -0.05) is 12.1 Å². The Kier molecular flexibility index (Phi) is 5.40. The number of nitrogens with zero attached hydrogens (tertiary/aromatic N) is 1. The van der Waals surface area contributed by atoms with Crippen molar-refractivity contribution in [2.45, 2.75) is 25.4 Å². The van der Waals surface area contributed by atoms with Crippen LogP contribution in [0.2, 0.25) is 0 Å². The molecule has 0 aliphatic rings. The monoisotopic (exact) mass is 305 g/mol. The van der Waals surface area contributed by atoms with Crippen LogP contribution >= 0.6 is 11.6 Å². The summed E-state index contributed by atoms with van der Waals surface area (Å²) in [6, 6.07) is 3.97. The van der Waals surface area contributed by atoms with Gasteiger partial charge in [-0.3, -0.25) is 4.79 Å². The van der Waals surface area contributed by atoms with Crippen molar-refractivity contribution >= 4 is 17.6 Å². The molecule has 0 aliphatic carbocycles. The van der Waals surface area contributed by atoms with Gasteiger partial charge in [0.05, 0.1) is 24.2 Å². The average molecular weight is 306 g/mol. The van der Waals surface area contributed by atoms with E-state index in [9.17, 15) is 18.0 Å². The van der Waals surface area contributed by atoms with Crippen LogP contribution in [-0.2, 0) is 28.0 Å². The van der Waals surface area contributed by atoms with Gasteiger partial charge in [-0.05, 0) is 18.1 Å². The predicted octanol–water partition coefficient (Wildman–Crippen LogP) is 3.42. The zero-order valence-corrected chi connectivity index (χ0v) is 11.3. The van der Waals surface area contributed by atoms with E-state index in [2.05, 4.69) is 4.74 Å². The lowest BCUT2D eigenvalue weighted by atomic mass is 9.95. The normalized spacial score (nSPS) is 11.0. The third-order valence-electron chi connectivity index (χ3n) is 2.56. The predicted molar refractivity (Wildman–Crippen MR) is 66.1 cm³/mol. The Hall–Kier alpha value is -1.74. The van der Waals surface area contributed by atoms with Crippen LogP contribution in [0.4, 0.5) is 13.2 Å². The molecule has 108 valence electrons. The Balaban J connectivity index is 3.36. The number of ether oxygens (including phenoxy) is 1. The molecule has 1 aromatic rings. The van der Waals surface area contributed by atoms with Crippen molar-refractivity contribution in [1.82, 2.24) is 0 Å². The van der Waals surface area contributed by atoms with Crippen LogP contribution in [0, 0.1) is 11.3 Å². The first-order valence-electron chi connectivity index (χ1n) is 5.68. The first-order valence-corrected chi connectivity index (χ1v) is 6.22. The van der Waals surface area contributed by atoms with Crippen molar-refractivity contribution in [2.24, 2.45) is 0 Å². The molecule has 0 amide bonds. The molecule has 0 atom stereocenters. The van der Waals surface area contributed by atoms with E-state index in [0.29, 0.717) is 0 Å². The van der Waals surface area contributed by atoms with Crippen LogP contribution in [0.5, 0.6) is 0 Å². The van der Waals surface area contributed by atoms with Gasteiger partial charge in [0, 0.05) is 5.88 Å². The maximum absolute atomic E-state index is 13.0. The van der Waals surface area contributed by atoms with Crippen molar-refractivity contribution in [3.63, 3.8) is 0 Å². The van der Waals surface area contributed by atoms with E-state index in [0.717, 1.165) is 0 Å². The molecule has 0 heterocycles. The Morgan fingerprint density at radius 3 is 2.45 bits per heavy atom. The van der Waals surface area contributed by atoms with Gasteiger partial charge in [0.2, 0.25) is 0 Å². The van der Waals surface area contributed by atoms with Crippen molar-refractivity contribution in [1.29, 1.82) is 5.26 Å². The fourth-order valence-corrected chi connectivity index (χ4v) is 1.99. The average Bonchev–Trinajstić information content (AvgIpc) is 2.37. The largest absolute Gasteiger partial charge is 0.466 e. The Morgan fingerprint density at radius 1 is 1.40 bits per heavy atom. The van der Waals surface area contributed by atoms with Gasteiger partial charge in [-0.2, -0.15) is 18.4 Å². The summed E-state index contributed by atoms with van der Waals surface area (Å²) in [5.74, 6) is -1.06. The number of benzene rings is 1. The number of rotatable bonds is 4. The van der Waals surface area contributed by atoms with Gasteiger partial charge in [0.15, 0.2) is 0 Å². The van der Waals surface area contributed by atoms with Crippen molar-refractivity contribution in [3.05, 3.63) is 34.4 Å². The molecule has 0 aromatic heterocycles. The summed E-state index contributed by atoms with van der Waals surface area (Å²) >= 11 is 5.47. The third kappa shape index (κ3) is 3.64. The topological polar surface area (TPSA) is 50.1 Å². The van der Waals surface area contributed by atoms with E-state index in [4.69, 9.17) is 16.9 Å². The number of carbonyl (C=O) groups is 1. The molecule has 0 saturated heterocycles. The second kappa shape index (κ2) is 6.62. The van der Waals surface area contributed by atoms with Gasteiger partial charge in [-0.25, -0.2) is 0 Å². The highest BCUT2D eigenvalue weighted by atomic mass is 35.5. The van der Waals surface area contributed by atoms with Gasteiger partial charge in [-0.15, -0.1) is 11.6 Å². The van der Waals surface area contributed by atoms with Crippen LogP contribution in [0.1, 0.15) is 29.2 Å². The molecule has 7 heteroatoms. The number of halogens is 4. The van der Waals surface area contributed by atoms with Gasteiger partial charge in [0.25, 0.3) is 0 Å². The molecule has 0 spiro atoms. The SMILES string of the molecule is CCOC(=O)Cc1ccc(CCl)c(C(F)(F)F)c1C#N. The highest BCUT2D eigenvalue weighted by Crippen LogP contribution is 2.36. The lowest BCUT2D eigenvalue weighted by Crippen LogP contribution is -2.15. The van der Waals surface area contributed by atoms with Gasteiger partial charge in [0.1, 0.15) is 6.07 Å². The van der Waals surface area contributed by atoms with Gasteiger partial charge >= 0.3 is 12.1 Å². The number of hydrogen-bond donors (Lipinski definition) is 0. The van der Waals surface area contributed by atoms with Crippen LogP contribution in [0.15, 0.2) is 12.1 Å². The highest BCUT2D eigenvalue weighted by molar-refractivity contribution is 6.17. The molecule has 0 fully saturated rings. The molecule has 20 heavy (non-hydrogen) atoms. The van der Waals surface area contributed by atoms with Gasteiger partial charge < -0.3 is 4.74 Å². The molecular formula is C13H11ClF3NO2. The third-order valence-corrected chi connectivity index (χ3v) is 2.85. The van der Waals surface area contributed by atoms with E-state index in [1.165, 1.54) is 18.2 Å². The summed E-state index contributed by atoms with van der Waals surface area (Å²) in [6.45, 7) is 1.70. The van der Waals surface area contributed by atoms with Crippen molar-refractivity contribution in [3.8, 4) is 6.07 Å². The maximum Gasteiger partial charge on any atom is 0.418 e. The molecule has 0 aliphatic heterocycles. The lowest BCUT2D eigenvalue weighted by Gasteiger charge is -2.15. The molecular weight excluding hydrogens is 295 g/mol. The molecule has 1 aromatic carbocycles. The van der Waals surface area contributed by atoms with Crippen LogP contribution in [-0.4, -0.2) is 12.6 Å². The molecule has 0 saturated carbocycles. The van der Waals surface area contributed by atoms with Crippen molar-refractivity contribution in [2.75, 3.05) is 6.61 Å². The number of esters is 1. The van der Waals surface area contributed by atoms with Crippen LogP contribution < -0.4 is 0 Å². The minimum Gasteiger partial charge on any atom is -0.466 e. The Morgan fingerprint density at radius 2 is 2.00 bits per heavy atom. The zero-order chi connectivity index (χ0) is 15.3. The summed E-state index contributed by atoms with van der Waals surface area (Å²) in [5, 5.41) is 8.98. The number of hydrogen-bond acceptors (Lipinski definition) is 3. The second-order valence-corrected chi connectivity index (χ2v) is 4.13. The number of carbonyl (C=O) groups excluding carboxylic acids is 1. The van der Waals surface area contributed by atoms with Crippen LogP contribution in [0.3, 0.4) is 0 Å². The van der Waals surface area contributed by atoms with E-state index < -0.39 is 23.3 Å². The Labute approximate surface area is 118 Å². The molecule has 0 unspecified atom stereocenters. The number of nitriles is 1. The first-order chi connectivity index (χ1) is 9.35. The van der Waals surface area contributed by atoms with E-state index in [1.54, 1.807) is 6.92 Å². The zero-order valence-electron chi connectivity index (χ0n) is 10.6. The fraction of sp³-hybridized carbons (Fsp3) is 0.385. The summed E-state index contributed by atoms with van der Waals surface area (Å²) in [7, 11) is 0. The smallest absolute Gasteiger partial charge is 0.418 e. The van der Waals surface area contributed by atoms with Crippen LogP contribution in [0.25, 0.3) is 0 Å². The summed E-state index contributed by atoms with van der Waals surface area (Å²) < 4.78 is 43.7. The minimum absolute atomic E-state index is 0.0212. The molecule has 1 rings (SSSR count). The molecule has 0 radical (unpaired) electrons. The molecule has 0 N–H and O–H groups in total. The quantitative estimate of drug-likeness (QED) is 0.632. The Bertz CT molecular complexity index is 550. The van der Waals surface area contributed by atoms with E-state index in [1.807, 2.05) is 0 Å². The molecule has 3 nitrogen and oxygen atoms in total. The number of alkyl halides is 4. The first kappa shape index (κ1) is 16.3. The summed E-state index contributed by atoms with van der Waals surface area (Å²) in [6.07, 6.45) is -5.09. The lowest BCUT2D eigenvalue weighted by molar-refractivity contribution is -0.143. The summed E-state index contributed by atoms with van der Waals surface area (Å²) in [5.41, 5.74) is -1.88. The van der Waals surface area contributed by atoms with E-state index >= 15 is 0 Å². The summed E-state index contributed by atoms with van der Waals surface area (Å²) in [4.78, 5) is 11.4. The highest BCUT2D eigenvalue weighted by Gasteiger charge is 2.37. The second-order valence-electron chi connectivity index (χ2n) is 3.86. The standard InChI is InChI=1S/C13H11ClF3NO2/c1-2-20-11(19)5-8-3-4-9(6-14)12(10(8)7-18)13(15,16)17/h3-4H,2,5-6H2,1H3. The van der Waals surface area contributed by atoms with Crippen molar-refractivity contribution < 1.29 is 22.7 Å².